The highest BCUT2D eigenvalue weighted by Crippen LogP contribution is 2.11. The zero-order valence-electron chi connectivity index (χ0n) is 12.0. The number of aryl methyl sites for hydroxylation is 1. The van der Waals surface area contributed by atoms with Gasteiger partial charge in [0.15, 0.2) is 0 Å². The van der Waals surface area contributed by atoms with Crippen molar-refractivity contribution in [2.45, 2.75) is 26.3 Å². The first kappa shape index (κ1) is 13.8. The van der Waals surface area contributed by atoms with E-state index in [4.69, 9.17) is 0 Å². The molecular weight excluding hydrogens is 268 g/mol. The van der Waals surface area contributed by atoms with Crippen molar-refractivity contribution in [3.8, 4) is 0 Å². The van der Waals surface area contributed by atoms with Crippen LogP contribution in [-0.4, -0.2) is 39.2 Å². The highest BCUT2D eigenvalue weighted by Gasteiger charge is 2.27. The topological polar surface area (TPSA) is 66.7 Å². The van der Waals surface area contributed by atoms with E-state index in [0.717, 1.165) is 11.3 Å². The Kier molecular flexibility index (Phi) is 3.70. The van der Waals surface area contributed by atoms with Crippen LogP contribution in [0.25, 0.3) is 5.65 Å². The molecule has 0 atom stereocenters. The number of hydrogen-bond acceptors (Lipinski definition) is 4. The van der Waals surface area contributed by atoms with Crippen LogP contribution < -0.4 is 5.32 Å². The van der Waals surface area contributed by atoms with Gasteiger partial charge in [0.05, 0.1) is 11.9 Å². The molecule has 3 heterocycles. The molecule has 6 heteroatoms. The summed E-state index contributed by atoms with van der Waals surface area (Å²) in [5.41, 5.74) is 3.16. The Morgan fingerprint density at radius 3 is 2.76 bits per heavy atom. The molecule has 3 rings (SSSR count). The number of nitrogens with one attached hydrogen (secondary N) is 1. The number of hydrogen-bond donors (Lipinski definition) is 1. The SMILES string of the molecule is Cc1ccc2ncc(CNCCN3C(=O)CCC3=O)n2c1. The van der Waals surface area contributed by atoms with Gasteiger partial charge in [-0.3, -0.25) is 14.5 Å². The van der Waals surface area contributed by atoms with E-state index in [0.29, 0.717) is 32.5 Å². The molecule has 0 saturated carbocycles. The molecule has 1 saturated heterocycles. The average Bonchev–Trinajstić information content (AvgIpc) is 3.00. The second-order valence-corrected chi connectivity index (χ2v) is 5.30. The van der Waals surface area contributed by atoms with Crippen LogP contribution in [-0.2, 0) is 16.1 Å². The van der Waals surface area contributed by atoms with E-state index in [1.54, 1.807) is 0 Å². The van der Waals surface area contributed by atoms with Gasteiger partial charge in [0, 0.05) is 38.7 Å². The maximum atomic E-state index is 11.5. The lowest BCUT2D eigenvalue weighted by Gasteiger charge is -2.13. The Bertz CT molecular complexity index is 676. The molecule has 2 aromatic rings. The van der Waals surface area contributed by atoms with Crippen LogP contribution in [0.3, 0.4) is 0 Å². The van der Waals surface area contributed by atoms with Crippen molar-refractivity contribution in [2.24, 2.45) is 0 Å². The first-order valence-corrected chi connectivity index (χ1v) is 7.11. The molecule has 6 nitrogen and oxygen atoms in total. The lowest BCUT2D eigenvalue weighted by Crippen LogP contribution is -2.35. The molecule has 0 bridgehead atoms. The highest BCUT2D eigenvalue weighted by atomic mass is 16.2. The maximum Gasteiger partial charge on any atom is 0.229 e. The van der Waals surface area contributed by atoms with E-state index in [-0.39, 0.29) is 11.8 Å². The smallest absolute Gasteiger partial charge is 0.229 e. The monoisotopic (exact) mass is 286 g/mol. The lowest BCUT2D eigenvalue weighted by molar-refractivity contribution is -0.138. The van der Waals surface area contributed by atoms with Gasteiger partial charge in [0.1, 0.15) is 5.65 Å². The molecule has 1 fully saturated rings. The van der Waals surface area contributed by atoms with Gasteiger partial charge in [-0.2, -0.15) is 0 Å². The number of pyridine rings is 1. The Labute approximate surface area is 122 Å². The second-order valence-electron chi connectivity index (χ2n) is 5.30. The van der Waals surface area contributed by atoms with Crippen molar-refractivity contribution in [1.82, 2.24) is 19.6 Å². The number of likely N-dealkylation sites (tertiary alicyclic amines) is 1. The zero-order valence-corrected chi connectivity index (χ0v) is 12.0. The molecule has 0 aromatic carbocycles. The van der Waals surface area contributed by atoms with Gasteiger partial charge in [-0.05, 0) is 18.6 Å². The number of imidazole rings is 1. The molecule has 0 aliphatic carbocycles. The minimum atomic E-state index is -0.0628. The Morgan fingerprint density at radius 1 is 1.24 bits per heavy atom. The van der Waals surface area contributed by atoms with E-state index >= 15 is 0 Å². The predicted molar refractivity (Wildman–Crippen MR) is 77.6 cm³/mol. The molecule has 0 unspecified atom stereocenters. The number of carbonyl (C=O) groups is 2. The molecule has 2 aromatic heterocycles. The summed E-state index contributed by atoms with van der Waals surface area (Å²) in [6.07, 6.45) is 4.59. The fourth-order valence-electron chi connectivity index (χ4n) is 2.55. The first-order chi connectivity index (χ1) is 10.1. The number of aromatic nitrogens is 2. The molecule has 0 spiro atoms. The van der Waals surface area contributed by atoms with E-state index in [2.05, 4.69) is 14.7 Å². The van der Waals surface area contributed by atoms with E-state index in [9.17, 15) is 9.59 Å². The summed E-state index contributed by atoms with van der Waals surface area (Å²) in [7, 11) is 0. The number of nitrogens with zero attached hydrogens (tertiary/aromatic N) is 3. The summed E-state index contributed by atoms with van der Waals surface area (Å²) in [5.74, 6) is -0.126. The van der Waals surface area contributed by atoms with Gasteiger partial charge < -0.3 is 9.72 Å². The molecule has 1 aliphatic rings. The van der Waals surface area contributed by atoms with Crippen LogP contribution in [0.15, 0.2) is 24.5 Å². The molecule has 1 N–H and O–H groups in total. The van der Waals surface area contributed by atoms with Gasteiger partial charge in [0.25, 0.3) is 0 Å². The van der Waals surface area contributed by atoms with Gasteiger partial charge in [-0.25, -0.2) is 4.98 Å². The highest BCUT2D eigenvalue weighted by molar-refractivity contribution is 6.01. The van der Waals surface area contributed by atoms with Gasteiger partial charge in [-0.15, -0.1) is 0 Å². The van der Waals surface area contributed by atoms with E-state index in [1.165, 1.54) is 10.5 Å². The molecule has 1 aliphatic heterocycles. The van der Waals surface area contributed by atoms with Crippen molar-refractivity contribution >= 4 is 17.5 Å². The van der Waals surface area contributed by atoms with Crippen molar-refractivity contribution in [2.75, 3.05) is 13.1 Å². The fraction of sp³-hybridized carbons (Fsp3) is 0.400. The summed E-state index contributed by atoms with van der Waals surface area (Å²) in [6, 6.07) is 4.02. The molecule has 2 amide bonds. The van der Waals surface area contributed by atoms with Gasteiger partial charge in [-0.1, -0.05) is 6.07 Å². The number of fused-ring (bicyclic) bond motifs is 1. The van der Waals surface area contributed by atoms with Crippen molar-refractivity contribution in [3.63, 3.8) is 0 Å². The van der Waals surface area contributed by atoms with Gasteiger partial charge >= 0.3 is 0 Å². The Balaban J connectivity index is 1.56. The summed E-state index contributed by atoms with van der Waals surface area (Å²) in [4.78, 5) is 28.6. The minimum Gasteiger partial charge on any atom is -0.309 e. The largest absolute Gasteiger partial charge is 0.309 e. The lowest BCUT2D eigenvalue weighted by atomic mass is 10.3. The molecule has 110 valence electrons. The third kappa shape index (κ3) is 2.80. The first-order valence-electron chi connectivity index (χ1n) is 7.11. The minimum absolute atomic E-state index is 0.0628. The van der Waals surface area contributed by atoms with E-state index < -0.39 is 0 Å². The normalized spacial score (nSPS) is 15.4. The number of imide groups is 1. The van der Waals surface area contributed by atoms with Crippen LogP contribution in [0.2, 0.25) is 0 Å². The quantitative estimate of drug-likeness (QED) is 0.654. The summed E-state index contributed by atoms with van der Waals surface area (Å²) in [6.45, 7) is 3.73. The third-order valence-electron chi connectivity index (χ3n) is 3.70. The van der Waals surface area contributed by atoms with Crippen LogP contribution in [0, 0.1) is 6.92 Å². The van der Waals surface area contributed by atoms with Gasteiger partial charge in [0.2, 0.25) is 11.8 Å². The summed E-state index contributed by atoms with van der Waals surface area (Å²) >= 11 is 0. The van der Waals surface area contributed by atoms with Crippen LogP contribution in [0.4, 0.5) is 0 Å². The zero-order chi connectivity index (χ0) is 14.8. The Morgan fingerprint density at radius 2 is 2.00 bits per heavy atom. The maximum absolute atomic E-state index is 11.5. The molecule has 0 radical (unpaired) electrons. The van der Waals surface area contributed by atoms with Crippen molar-refractivity contribution < 1.29 is 9.59 Å². The summed E-state index contributed by atoms with van der Waals surface area (Å²) in [5, 5.41) is 3.26. The van der Waals surface area contributed by atoms with Crippen LogP contribution in [0.1, 0.15) is 24.1 Å². The van der Waals surface area contributed by atoms with E-state index in [1.807, 2.05) is 31.5 Å². The molecule has 21 heavy (non-hydrogen) atoms. The Hall–Kier alpha value is -2.21. The fourth-order valence-corrected chi connectivity index (χ4v) is 2.55. The number of carbonyl (C=O) groups excluding carboxylic acids is 2. The average molecular weight is 286 g/mol. The number of amides is 2. The predicted octanol–water partition coefficient (Wildman–Crippen LogP) is 0.881. The van der Waals surface area contributed by atoms with Crippen LogP contribution >= 0.6 is 0 Å². The second kappa shape index (κ2) is 5.65. The standard InChI is InChI=1S/C15H18N4O2/c1-11-2-3-13-17-9-12(19(13)10-11)8-16-6-7-18-14(20)4-5-15(18)21/h2-3,9-10,16H,4-8H2,1H3. The van der Waals surface area contributed by atoms with Crippen LogP contribution in [0.5, 0.6) is 0 Å². The number of rotatable bonds is 5. The summed E-state index contributed by atoms with van der Waals surface area (Å²) < 4.78 is 2.05. The van der Waals surface area contributed by atoms with Crippen molar-refractivity contribution in [1.29, 1.82) is 0 Å². The molecular formula is C15H18N4O2. The third-order valence-corrected chi connectivity index (χ3v) is 3.70. The van der Waals surface area contributed by atoms with Crippen molar-refractivity contribution in [3.05, 3.63) is 35.8 Å².